The molecule has 0 aliphatic carbocycles. The van der Waals surface area contributed by atoms with Crippen LogP contribution < -0.4 is 10.1 Å². The van der Waals surface area contributed by atoms with Gasteiger partial charge in [-0.3, -0.25) is 0 Å². The largest absolute Gasteiger partial charge is 0.496 e. The molecule has 0 bridgehead atoms. The molecule has 1 N–H and O–H groups in total. The van der Waals surface area contributed by atoms with Crippen LogP contribution in [0.5, 0.6) is 5.75 Å². The van der Waals surface area contributed by atoms with E-state index in [1.54, 1.807) is 13.2 Å². The zero-order chi connectivity index (χ0) is 15.2. The second-order valence-electron chi connectivity index (χ2n) is 4.82. The molecule has 21 heavy (non-hydrogen) atoms. The van der Waals surface area contributed by atoms with Crippen LogP contribution in [-0.2, 0) is 6.54 Å². The molecule has 2 aromatic carbocycles. The van der Waals surface area contributed by atoms with Crippen LogP contribution in [0.15, 0.2) is 42.5 Å². The van der Waals surface area contributed by atoms with Crippen LogP contribution in [0.4, 0.5) is 0 Å². The van der Waals surface area contributed by atoms with Gasteiger partial charge in [0.1, 0.15) is 5.75 Å². The Morgan fingerprint density at radius 2 is 1.90 bits per heavy atom. The molecular formula is C17H19Cl2NO. The molecule has 0 saturated heterocycles. The van der Waals surface area contributed by atoms with Crippen LogP contribution in [-0.4, -0.2) is 7.11 Å². The third-order valence-corrected chi connectivity index (χ3v) is 4.06. The molecule has 0 spiro atoms. The van der Waals surface area contributed by atoms with Gasteiger partial charge in [-0.25, -0.2) is 0 Å². The Balaban J connectivity index is 2.12. The fourth-order valence-electron chi connectivity index (χ4n) is 2.33. The van der Waals surface area contributed by atoms with Crippen LogP contribution in [0.1, 0.15) is 30.5 Å². The number of hydrogen-bond acceptors (Lipinski definition) is 2. The van der Waals surface area contributed by atoms with Crippen molar-refractivity contribution in [2.45, 2.75) is 25.9 Å². The summed E-state index contributed by atoms with van der Waals surface area (Å²) in [6, 6.07) is 13.9. The molecule has 112 valence electrons. The Morgan fingerprint density at radius 3 is 2.57 bits per heavy atom. The van der Waals surface area contributed by atoms with Gasteiger partial charge in [0.25, 0.3) is 0 Å². The van der Waals surface area contributed by atoms with Crippen LogP contribution in [0.25, 0.3) is 0 Å². The molecule has 2 nitrogen and oxygen atoms in total. The SMILES string of the molecule is CCC(NCc1ccc(Cl)cc1Cl)c1ccccc1OC. The first-order chi connectivity index (χ1) is 10.2. The molecule has 0 fully saturated rings. The molecule has 0 amide bonds. The summed E-state index contributed by atoms with van der Waals surface area (Å²) in [5.41, 5.74) is 2.20. The number of benzene rings is 2. The van der Waals surface area contributed by atoms with E-state index in [4.69, 9.17) is 27.9 Å². The zero-order valence-corrected chi connectivity index (χ0v) is 13.7. The van der Waals surface area contributed by atoms with Crippen LogP contribution in [0.2, 0.25) is 10.0 Å². The highest BCUT2D eigenvalue weighted by atomic mass is 35.5. The predicted molar refractivity (Wildman–Crippen MR) is 89.3 cm³/mol. The number of para-hydroxylation sites is 1. The summed E-state index contributed by atoms with van der Waals surface area (Å²) in [5, 5.41) is 4.87. The molecule has 0 aliphatic rings. The Hall–Kier alpha value is -1.22. The van der Waals surface area contributed by atoms with Crippen molar-refractivity contribution in [3.8, 4) is 5.75 Å². The molecule has 2 aromatic rings. The van der Waals surface area contributed by atoms with E-state index in [2.05, 4.69) is 18.3 Å². The first-order valence-electron chi connectivity index (χ1n) is 6.96. The molecule has 0 aromatic heterocycles. The van der Waals surface area contributed by atoms with Crippen molar-refractivity contribution in [2.75, 3.05) is 7.11 Å². The van der Waals surface area contributed by atoms with Crippen molar-refractivity contribution in [1.82, 2.24) is 5.32 Å². The van der Waals surface area contributed by atoms with Gasteiger partial charge in [0, 0.05) is 28.2 Å². The lowest BCUT2D eigenvalue weighted by Crippen LogP contribution is -2.21. The number of methoxy groups -OCH3 is 1. The Morgan fingerprint density at radius 1 is 1.14 bits per heavy atom. The maximum atomic E-state index is 6.21. The Kier molecular flexibility index (Phi) is 5.92. The van der Waals surface area contributed by atoms with Gasteiger partial charge in [-0.1, -0.05) is 54.4 Å². The topological polar surface area (TPSA) is 21.3 Å². The fourth-order valence-corrected chi connectivity index (χ4v) is 2.80. The second-order valence-corrected chi connectivity index (χ2v) is 5.66. The molecule has 0 heterocycles. The predicted octanol–water partition coefficient (Wildman–Crippen LogP) is 5.24. The molecule has 0 aliphatic heterocycles. The summed E-state index contributed by atoms with van der Waals surface area (Å²) in [6.07, 6.45) is 0.964. The second kappa shape index (κ2) is 7.69. The molecule has 2 rings (SSSR count). The molecule has 1 atom stereocenters. The minimum atomic E-state index is 0.216. The van der Waals surface area contributed by atoms with Crippen molar-refractivity contribution in [3.05, 3.63) is 63.6 Å². The summed E-state index contributed by atoms with van der Waals surface area (Å²) < 4.78 is 5.44. The van der Waals surface area contributed by atoms with E-state index in [0.717, 1.165) is 23.3 Å². The van der Waals surface area contributed by atoms with Gasteiger partial charge in [-0.15, -0.1) is 0 Å². The van der Waals surface area contributed by atoms with E-state index < -0.39 is 0 Å². The summed E-state index contributed by atoms with van der Waals surface area (Å²) in [6.45, 7) is 2.83. The standard InChI is InChI=1S/C17H19Cl2NO/c1-3-16(14-6-4-5-7-17(14)21-2)20-11-12-8-9-13(18)10-15(12)19/h4-10,16,20H,3,11H2,1-2H3. The minimum absolute atomic E-state index is 0.216. The smallest absolute Gasteiger partial charge is 0.123 e. The van der Waals surface area contributed by atoms with Crippen molar-refractivity contribution >= 4 is 23.2 Å². The lowest BCUT2D eigenvalue weighted by atomic mass is 10.0. The number of hydrogen-bond donors (Lipinski definition) is 1. The van der Waals surface area contributed by atoms with Crippen LogP contribution in [0.3, 0.4) is 0 Å². The highest BCUT2D eigenvalue weighted by molar-refractivity contribution is 6.35. The normalized spacial score (nSPS) is 12.2. The lowest BCUT2D eigenvalue weighted by molar-refractivity contribution is 0.396. The molecule has 1 unspecified atom stereocenters. The Bertz CT molecular complexity index is 601. The van der Waals surface area contributed by atoms with Gasteiger partial charge in [0.05, 0.1) is 7.11 Å². The molecule has 4 heteroatoms. The van der Waals surface area contributed by atoms with Crippen molar-refractivity contribution in [1.29, 1.82) is 0 Å². The van der Waals surface area contributed by atoms with E-state index in [1.165, 1.54) is 0 Å². The average molecular weight is 324 g/mol. The van der Waals surface area contributed by atoms with Crippen molar-refractivity contribution in [2.24, 2.45) is 0 Å². The van der Waals surface area contributed by atoms with E-state index in [-0.39, 0.29) is 6.04 Å². The van der Waals surface area contributed by atoms with Crippen LogP contribution >= 0.6 is 23.2 Å². The lowest BCUT2D eigenvalue weighted by Gasteiger charge is -2.20. The minimum Gasteiger partial charge on any atom is -0.496 e. The zero-order valence-electron chi connectivity index (χ0n) is 12.2. The van der Waals surface area contributed by atoms with Crippen molar-refractivity contribution < 1.29 is 4.74 Å². The first-order valence-corrected chi connectivity index (χ1v) is 7.71. The van der Waals surface area contributed by atoms with Gasteiger partial charge in [-0.05, 0) is 30.2 Å². The van der Waals surface area contributed by atoms with Crippen molar-refractivity contribution in [3.63, 3.8) is 0 Å². The third kappa shape index (κ3) is 4.13. The van der Waals surface area contributed by atoms with Gasteiger partial charge in [0.15, 0.2) is 0 Å². The highest BCUT2D eigenvalue weighted by Gasteiger charge is 2.14. The van der Waals surface area contributed by atoms with E-state index in [9.17, 15) is 0 Å². The van der Waals surface area contributed by atoms with Gasteiger partial charge >= 0.3 is 0 Å². The Labute approximate surface area is 136 Å². The monoisotopic (exact) mass is 323 g/mol. The summed E-state index contributed by atoms with van der Waals surface area (Å²) >= 11 is 12.1. The first kappa shape index (κ1) is 16.2. The van der Waals surface area contributed by atoms with Gasteiger partial charge in [-0.2, -0.15) is 0 Å². The maximum absolute atomic E-state index is 6.21. The summed E-state index contributed by atoms with van der Waals surface area (Å²) in [4.78, 5) is 0. The van der Waals surface area contributed by atoms with E-state index in [0.29, 0.717) is 16.6 Å². The van der Waals surface area contributed by atoms with Gasteiger partial charge < -0.3 is 10.1 Å². The molecule has 0 saturated carbocycles. The summed E-state index contributed by atoms with van der Waals surface area (Å²) in [5.74, 6) is 0.902. The molecule has 0 radical (unpaired) electrons. The highest BCUT2D eigenvalue weighted by Crippen LogP contribution is 2.28. The van der Waals surface area contributed by atoms with E-state index >= 15 is 0 Å². The quantitative estimate of drug-likeness (QED) is 0.784. The van der Waals surface area contributed by atoms with Crippen LogP contribution in [0, 0.1) is 0 Å². The van der Waals surface area contributed by atoms with E-state index in [1.807, 2.05) is 30.3 Å². The molecular weight excluding hydrogens is 305 g/mol. The number of rotatable bonds is 6. The fraction of sp³-hybridized carbons (Fsp3) is 0.294. The van der Waals surface area contributed by atoms with Gasteiger partial charge in [0.2, 0.25) is 0 Å². The number of halogens is 2. The average Bonchev–Trinajstić information content (AvgIpc) is 2.50. The third-order valence-electron chi connectivity index (χ3n) is 3.48. The number of ether oxygens (including phenoxy) is 1. The maximum Gasteiger partial charge on any atom is 0.123 e. The summed E-state index contributed by atoms with van der Waals surface area (Å²) in [7, 11) is 1.70. The number of nitrogens with one attached hydrogen (secondary N) is 1.